The first-order valence-electron chi connectivity index (χ1n) is 6.71. The molecule has 0 saturated carbocycles. The molecule has 108 valence electrons. The molecule has 2 N–H and O–H groups in total. The Bertz CT molecular complexity index is 415. The molecule has 0 spiro atoms. The maximum atomic E-state index is 9.97. The largest absolute Gasteiger partial charge is 0.389 e. The van der Waals surface area contributed by atoms with Crippen LogP contribution in [0.2, 0.25) is 0 Å². The fourth-order valence-electron chi connectivity index (χ4n) is 2.30. The van der Waals surface area contributed by atoms with Crippen LogP contribution in [0.1, 0.15) is 39.3 Å². The monoisotopic (exact) mass is 328 g/mol. The molecule has 0 radical (unpaired) electrons. The lowest BCUT2D eigenvalue weighted by Crippen LogP contribution is -2.37. The highest BCUT2D eigenvalue weighted by Crippen LogP contribution is 2.29. The summed E-state index contributed by atoms with van der Waals surface area (Å²) in [7, 11) is 2.02. The van der Waals surface area contributed by atoms with Gasteiger partial charge in [-0.25, -0.2) is 0 Å². The molecule has 0 saturated heterocycles. The number of nitrogens with zero attached hydrogens (tertiary/aromatic N) is 1. The number of benzene rings is 1. The summed E-state index contributed by atoms with van der Waals surface area (Å²) in [4.78, 5) is 2.11. The Balaban J connectivity index is 3.05. The van der Waals surface area contributed by atoms with E-state index in [9.17, 15) is 5.11 Å². The van der Waals surface area contributed by atoms with Crippen LogP contribution in [0.5, 0.6) is 0 Å². The average Bonchev–Trinajstić information content (AvgIpc) is 2.26. The van der Waals surface area contributed by atoms with Crippen molar-refractivity contribution in [2.24, 2.45) is 0 Å². The summed E-state index contributed by atoms with van der Waals surface area (Å²) in [5.74, 6) is 0. The van der Waals surface area contributed by atoms with Crippen molar-refractivity contribution < 1.29 is 5.11 Å². The lowest BCUT2D eigenvalue weighted by Gasteiger charge is -2.30. The summed E-state index contributed by atoms with van der Waals surface area (Å²) in [6.07, 6.45) is 0. The molecule has 0 heterocycles. The van der Waals surface area contributed by atoms with E-state index >= 15 is 0 Å². The van der Waals surface area contributed by atoms with E-state index in [0.717, 1.165) is 16.7 Å². The van der Waals surface area contributed by atoms with Crippen LogP contribution >= 0.6 is 15.9 Å². The molecule has 19 heavy (non-hydrogen) atoms. The van der Waals surface area contributed by atoms with Gasteiger partial charge in [-0.15, -0.1) is 0 Å². The van der Waals surface area contributed by atoms with Gasteiger partial charge in [0.1, 0.15) is 0 Å². The third kappa shape index (κ3) is 5.13. The van der Waals surface area contributed by atoms with E-state index in [0.29, 0.717) is 6.54 Å². The predicted molar refractivity (Wildman–Crippen MR) is 85.8 cm³/mol. The Morgan fingerprint density at radius 2 is 2.05 bits per heavy atom. The number of hydrogen-bond acceptors (Lipinski definition) is 3. The molecule has 0 aliphatic carbocycles. The highest BCUT2D eigenvalue weighted by atomic mass is 79.9. The maximum absolute atomic E-state index is 9.97. The van der Waals surface area contributed by atoms with E-state index < -0.39 is 5.60 Å². The van der Waals surface area contributed by atoms with E-state index in [4.69, 9.17) is 0 Å². The lowest BCUT2D eigenvalue weighted by molar-refractivity contribution is 0.0886. The third-order valence-corrected chi connectivity index (χ3v) is 3.50. The van der Waals surface area contributed by atoms with Gasteiger partial charge in [0.2, 0.25) is 0 Å². The van der Waals surface area contributed by atoms with E-state index in [1.54, 1.807) is 0 Å². The SMILES string of the molecule is CCNC(C)c1cc(Br)ccc1N(C)CC(C)(C)O. The molecule has 1 aromatic carbocycles. The second-order valence-electron chi connectivity index (χ2n) is 5.65. The minimum Gasteiger partial charge on any atom is -0.389 e. The quantitative estimate of drug-likeness (QED) is 0.840. The predicted octanol–water partition coefficient (Wildman–Crippen LogP) is 3.33. The lowest BCUT2D eigenvalue weighted by atomic mass is 10.0. The Morgan fingerprint density at radius 1 is 1.42 bits per heavy atom. The highest BCUT2D eigenvalue weighted by Gasteiger charge is 2.19. The minimum atomic E-state index is -0.708. The molecule has 0 aromatic heterocycles. The summed E-state index contributed by atoms with van der Waals surface area (Å²) < 4.78 is 1.08. The van der Waals surface area contributed by atoms with Crippen molar-refractivity contribution in [2.45, 2.75) is 39.3 Å². The summed E-state index contributed by atoms with van der Waals surface area (Å²) in [5, 5.41) is 13.4. The van der Waals surface area contributed by atoms with Crippen molar-refractivity contribution in [2.75, 3.05) is 25.0 Å². The molecule has 1 unspecified atom stereocenters. The smallest absolute Gasteiger partial charge is 0.0765 e. The van der Waals surface area contributed by atoms with Crippen LogP contribution in [0.25, 0.3) is 0 Å². The van der Waals surface area contributed by atoms with Gasteiger partial charge < -0.3 is 15.3 Å². The van der Waals surface area contributed by atoms with Gasteiger partial charge in [0.25, 0.3) is 0 Å². The Kier molecular flexibility index (Phi) is 5.83. The molecule has 0 bridgehead atoms. The zero-order valence-corrected chi connectivity index (χ0v) is 14.1. The van der Waals surface area contributed by atoms with Gasteiger partial charge in [-0.05, 0) is 51.1 Å². The highest BCUT2D eigenvalue weighted by molar-refractivity contribution is 9.10. The Morgan fingerprint density at radius 3 is 2.58 bits per heavy atom. The molecule has 0 aliphatic rings. The molecule has 0 fully saturated rings. The third-order valence-electron chi connectivity index (χ3n) is 3.00. The summed E-state index contributed by atoms with van der Waals surface area (Å²) >= 11 is 3.53. The normalized spacial score (nSPS) is 13.4. The summed E-state index contributed by atoms with van der Waals surface area (Å²) in [5.41, 5.74) is 1.68. The van der Waals surface area contributed by atoms with Crippen LogP contribution in [-0.4, -0.2) is 30.8 Å². The molecular weight excluding hydrogens is 304 g/mol. The first-order chi connectivity index (χ1) is 8.74. The van der Waals surface area contributed by atoms with Crippen LogP contribution in [0.4, 0.5) is 5.69 Å². The van der Waals surface area contributed by atoms with Gasteiger partial charge >= 0.3 is 0 Å². The van der Waals surface area contributed by atoms with Gasteiger partial charge in [-0.3, -0.25) is 0 Å². The fourth-order valence-corrected chi connectivity index (χ4v) is 2.68. The van der Waals surface area contributed by atoms with Gasteiger partial charge in [-0.2, -0.15) is 0 Å². The molecule has 0 aliphatic heterocycles. The molecule has 1 atom stereocenters. The van der Waals surface area contributed by atoms with Gasteiger partial charge in [0.05, 0.1) is 5.60 Å². The van der Waals surface area contributed by atoms with Crippen molar-refractivity contribution in [3.63, 3.8) is 0 Å². The van der Waals surface area contributed by atoms with Crippen molar-refractivity contribution >= 4 is 21.6 Å². The topological polar surface area (TPSA) is 35.5 Å². The number of nitrogens with one attached hydrogen (secondary N) is 1. The van der Waals surface area contributed by atoms with Crippen LogP contribution in [0.15, 0.2) is 22.7 Å². The molecule has 4 heteroatoms. The van der Waals surface area contributed by atoms with E-state index in [1.165, 1.54) is 5.56 Å². The molecule has 3 nitrogen and oxygen atoms in total. The number of aliphatic hydroxyl groups is 1. The number of rotatable bonds is 6. The minimum absolute atomic E-state index is 0.279. The average molecular weight is 329 g/mol. The Labute approximate surface area is 125 Å². The van der Waals surface area contributed by atoms with Crippen LogP contribution in [-0.2, 0) is 0 Å². The summed E-state index contributed by atoms with van der Waals surface area (Å²) in [6.45, 7) is 9.45. The standard InChI is InChI=1S/C15H25BrN2O/c1-6-17-11(2)13-9-12(16)7-8-14(13)18(5)10-15(3,4)19/h7-9,11,17,19H,6,10H2,1-5H3. The zero-order valence-electron chi connectivity index (χ0n) is 12.5. The zero-order chi connectivity index (χ0) is 14.6. The van der Waals surface area contributed by atoms with Crippen molar-refractivity contribution in [3.05, 3.63) is 28.2 Å². The number of anilines is 1. The van der Waals surface area contributed by atoms with Gasteiger partial charge in [0, 0.05) is 29.8 Å². The fraction of sp³-hybridized carbons (Fsp3) is 0.600. The number of hydrogen-bond donors (Lipinski definition) is 2. The number of likely N-dealkylation sites (N-methyl/N-ethyl adjacent to an activating group) is 1. The first-order valence-corrected chi connectivity index (χ1v) is 7.50. The van der Waals surface area contributed by atoms with Gasteiger partial charge in [-0.1, -0.05) is 22.9 Å². The van der Waals surface area contributed by atoms with Crippen LogP contribution in [0, 0.1) is 0 Å². The molecule has 1 aromatic rings. The van der Waals surface area contributed by atoms with Crippen LogP contribution < -0.4 is 10.2 Å². The van der Waals surface area contributed by atoms with Crippen molar-refractivity contribution in [1.82, 2.24) is 5.32 Å². The second-order valence-corrected chi connectivity index (χ2v) is 6.57. The molecule has 1 rings (SSSR count). The van der Waals surface area contributed by atoms with E-state index in [1.807, 2.05) is 27.0 Å². The van der Waals surface area contributed by atoms with E-state index in [2.05, 4.69) is 52.1 Å². The maximum Gasteiger partial charge on any atom is 0.0765 e. The van der Waals surface area contributed by atoms with E-state index in [-0.39, 0.29) is 6.04 Å². The second kappa shape index (κ2) is 6.73. The molecule has 0 amide bonds. The summed E-state index contributed by atoms with van der Waals surface area (Å²) in [6, 6.07) is 6.56. The van der Waals surface area contributed by atoms with Crippen molar-refractivity contribution in [1.29, 1.82) is 0 Å². The Hall–Kier alpha value is -0.580. The van der Waals surface area contributed by atoms with Crippen molar-refractivity contribution in [3.8, 4) is 0 Å². The van der Waals surface area contributed by atoms with Crippen LogP contribution in [0.3, 0.4) is 0 Å². The van der Waals surface area contributed by atoms with Gasteiger partial charge in [0.15, 0.2) is 0 Å². The first kappa shape index (κ1) is 16.5. The number of halogens is 1. The molecular formula is C15H25BrN2O.